The molecule has 0 unspecified atom stereocenters. The van der Waals surface area contributed by atoms with Gasteiger partial charge in [0.2, 0.25) is 0 Å². The van der Waals surface area contributed by atoms with Gasteiger partial charge in [0.05, 0.1) is 16.0 Å². The van der Waals surface area contributed by atoms with Gasteiger partial charge in [-0.3, -0.25) is 4.84 Å². The fraction of sp³-hybridized carbons (Fsp3) is 0.476. The van der Waals surface area contributed by atoms with Gasteiger partial charge in [0.1, 0.15) is 6.10 Å². The highest BCUT2D eigenvalue weighted by Gasteiger charge is 2.37. The molecule has 1 aliphatic heterocycles. The molecular weight excluding hydrogens is 417 g/mol. The normalized spacial score (nSPS) is 18.8. The van der Waals surface area contributed by atoms with Crippen molar-refractivity contribution in [2.45, 2.75) is 45.4 Å². The van der Waals surface area contributed by atoms with Crippen molar-refractivity contribution in [3.8, 4) is 10.4 Å². The van der Waals surface area contributed by atoms with E-state index in [-0.39, 0.29) is 17.1 Å². The molecule has 30 heavy (non-hydrogen) atoms. The first-order valence-corrected chi connectivity index (χ1v) is 10.5. The summed E-state index contributed by atoms with van der Waals surface area (Å²) in [6.45, 7) is 4.92. The lowest BCUT2D eigenvalue weighted by Crippen LogP contribution is -2.53. The minimum atomic E-state index is -4.49. The number of anilines is 1. The predicted molar refractivity (Wildman–Crippen MR) is 109 cm³/mol. The van der Waals surface area contributed by atoms with Gasteiger partial charge in [0, 0.05) is 29.2 Å². The lowest BCUT2D eigenvalue weighted by atomic mass is 9.76. The molecular formula is C21H23F3N2O3S. The first kappa shape index (κ1) is 21.1. The quantitative estimate of drug-likeness (QED) is 0.673. The molecule has 4 rings (SSSR count). The van der Waals surface area contributed by atoms with Gasteiger partial charge >= 0.3 is 12.1 Å². The molecule has 1 saturated heterocycles. The van der Waals surface area contributed by atoms with Crippen LogP contribution in [-0.2, 0) is 23.9 Å². The van der Waals surface area contributed by atoms with E-state index in [9.17, 15) is 23.1 Å². The van der Waals surface area contributed by atoms with Crippen LogP contribution >= 0.6 is 11.3 Å². The monoisotopic (exact) mass is 440 g/mol. The highest BCUT2D eigenvalue weighted by molar-refractivity contribution is 7.16. The number of hydrogen-bond donors (Lipinski definition) is 2. The van der Waals surface area contributed by atoms with E-state index in [2.05, 4.69) is 13.8 Å². The van der Waals surface area contributed by atoms with Crippen LogP contribution in [0.1, 0.15) is 46.6 Å². The summed E-state index contributed by atoms with van der Waals surface area (Å²) < 4.78 is 40.1. The van der Waals surface area contributed by atoms with E-state index < -0.39 is 17.7 Å². The summed E-state index contributed by atoms with van der Waals surface area (Å²) >= 11 is 1.39. The zero-order chi connectivity index (χ0) is 21.8. The van der Waals surface area contributed by atoms with Gasteiger partial charge in [-0.1, -0.05) is 19.9 Å². The van der Waals surface area contributed by atoms with Crippen molar-refractivity contribution in [2.75, 3.05) is 18.0 Å². The Balaban J connectivity index is 1.86. The van der Waals surface area contributed by atoms with Gasteiger partial charge in [-0.2, -0.15) is 13.2 Å². The number of fused-ring (bicyclic) bond motifs is 1. The average molecular weight is 440 g/mol. The van der Waals surface area contributed by atoms with Gasteiger partial charge in [-0.25, -0.2) is 10.7 Å². The van der Waals surface area contributed by atoms with Crippen LogP contribution in [0, 0.1) is 5.41 Å². The van der Waals surface area contributed by atoms with Crippen LogP contribution in [-0.4, -0.2) is 30.3 Å². The van der Waals surface area contributed by atoms with Crippen molar-refractivity contribution in [3.05, 3.63) is 39.8 Å². The first-order chi connectivity index (χ1) is 14.0. The highest BCUT2D eigenvalue weighted by Crippen LogP contribution is 2.48. The van der Waals surface area contributed by atoms with Crippen molar-refractivity contribution < 1.29 is 27.9 Å². The van der Waals surface area contributed by atoms with Crippen LogP contribution in [0.25, 0.3) is 10.4 Å². The number of carboxylic acids is 1. The summed E-state index contributed by atoms with van der Waals surface area (Å²) in [5.74, 6) is 4.15. The minimum Gasteiger partial charge on any atom is -0.478 e. The number of aromatic carboxylic acids is 1. The topological polar surface area (TPSA) is 75.8 Å². The third-order valence-corrected chi connectivity index (χ3v) is 7.26. The zero-order valence-corrected chi connectivity index (χ0v) is 17.5. The van der Waals surface area contributed by atoms with Gasteiger partial charge < -0.3 is 10.0 Å². The summed E-state index contributed by atoms with van der Waals surface area (Å²) in [4.78, 5) is 20.3. The van der Waals surface area contributed by atoms with Gasteiger partial charge in [0.25, 0.3) is 0 Å². The number of aryl methyl sites for hydroxylation is 1. The first-order valence-electron chi connectivity index (χ1n) is 9.70. The van der Waals surface area contributed by atoms with Gasteiger partial charge in [-0.05, 0) is 42.4 Å². The van der Waals surface area contributed by atoms with E-state index in [0.717, 1.165) is 35.4 Å². The third-order valence-electron chi connectivity index (χ3n) is 5.94. The summed E-state index contributed by atoms with van der Waals surface area (Å²) in [6.07, 6.45) is -2.39. The fourth-order valence-electron chi connectivity index (χ4n) is 4.22. The van der Waals surface area contributed by atoms with E-state index in [0.29, 0.717) is 35.6 Å². The minimum absolute atomic E-state index is 0.0122. The number of carbonyl (C=O) groups is 1. The Morgan fingerprint density at radius 2 is 2.03 bits per heavy atom. The summed E-state index contributed by atoms with van der Waals surface area (Å²) in [5.41, 5.74) is 1.12. The highest BCUT2D eigenvalue weighted by atomic mass is 32.1. The molecule has 162 valence electrons. The molecule has 1 aromatic carbocycles. The number of rotatable bonds is 4. The molecule has 2 heterocycles. The molecule has 1 aliphatic carbocycles. The number of benzene rings is 1. The fourth-order valence-corrected chi connectivity index (χ4v) is 5.56. The lowest BCUT2D eigenvalue weighted by Gasteiger charge is -2.40. The molecule has 0 amide bonds. The molecule has 0 spiro atoms. The van der Waals surface area contributed by atoms with E-state index in [1.165, 1.54) is 17.4 Å². The Morgan fingerprint density at radius 1 is 1.33 bits per heavy atom. The summed E-state index contributed by atoms with van der Waals surface area (Å²) in [6, 6.07) is 3.50. The SMILES string of the molecule is CC1(C)CCc2sc(-c3ccc(C(F)(F)F)cc3N3CC(ON)C3)c(C(=O)O)c2C1. The molecule has 3 N–H and O–H groups in total. The summed E-state index contributed by atoms with van der Waals surface area (Å²) in [5, 5.41) is 9.98. The smallest absolute Gasteiger partial charge is 0.416 e. The predicted octanol–water partition coefficient (Wildman–Crippen LogP) is 4.73. The standard InChI is InChI=1S/C21H23F3N2O3S/c1-20(2)6-5-16-14(8-20)17(19(27)28)18(30-16)13-4-3-11(21(22,23)24)7-15(13)26-9-12(10-26)29-25/h3-4,7,12H,5-6,8-10,25H2,1-2H3,(H,27,28). The Kier molecular flexibility index (Phi) is 5.11. The van der Waals surface area contributed by atoms with E-state index >= 15 is 0 Å². The van der Waals surface area contributed by atoms with Crippen LogP contribution in [0.15, 0.2) is 18.2 Å². The molecule has 1 fully saturated rings. The lowest BCUT2D eigenvalue weighted by molar-refractivity contribution is -0.137. The second-order valence-corrected chi connectivity index (χ2v) is 9.85. The van der Waals surface area contributed by atoms with Crippen LogP contribution in [0.5, 0.6) is 0 Å². The largest absolute Gasteiger partial charge is 0.478 e. The van der Waals surface area contributed by atoms with Crippen LogP contribution in [0.2, 0.25) is 0 Å². The Bertz CT molecular complexity index is 994. The van der Waals surface area contributed by atoms with E-state index in [4.69, 9.17) is 10.7 Å². The molecule has 9 heteroatoms. The molecule has 0 saturated carbocycles. The van der Waals surface area contributed by atoms with Crippen molar-refractivity contribution in [3.63, 3.8) is 0 Å². The van der Waals surface area contributed by atoms with E-state index in [1.807, 2.05) is 0 Å². The zero-order valence-electron chi connectivity index (χ0n) is 16.7. The Labute approximate surface area is 176 Å². The Morgan fingerprint density at radius 3 is 2.63 bits per heavy atom. The molecule has 5 nitrogen and oxygen atoms in total. The van der Waals surface area contributed by atoms with Crippen molar-refractivity contribution in [1.82, 2.24) is 0 Å². The number of nitrogens with two attached hydrogens (primary N) is 1. The average Bonchev–Trinajstić information content (AvgIpc) is 2.97. The number of hydrogen-bond acceptors (Lipinski definition) is 5. The maximum atomic E-state index is 13.4. The number of halogens is 3. The third kappa shape index (κ3) is 3.70. The van der Waals surface area contributed by atoms with Crippen molar-refractivity contribution >= 4 is 23.0 Å². The molecule has 0 atom stereocenters. The Hall–Kier alpha value is -2.10. The number of alkyl halides is 3. The molecule has 0 bridgehead atoms. The number of thiophene rings is 1. The molecule has 2 aliphatic rings. The summed E-state index contributed by atoms with van der Waals surface area (Å²) in [7, 11) is 0. The van der Waals surface area contributed by atoms with E-state index in [1.54, 1.807) is 4.90 Å². The van der Waals surface area contributed by atoms with Gasteiger partial charge in [0.15, 0.2) is 0 Å². The van der Waals surface area contributed by atoms with Crippen molar-refractivity contribution in [1.29, 1.82) is 0 Å². The van der Waals surface area contributed by atoms with Crippen molar-refractivity contribution in [2.24, 2.45) is 11.3 Å². The second-order valence-electron chi connectivity index (χ2n) is 8.75. The van der Waals surface area contributed by atoms with Crippen LogP contribution in [0.3, 0.4) is 0 Å². The number of carboxylic acid groups (broad SMARTS) is 1. The molecule has 0 radical (unpaired) electrons. The van der Waals surface area contributed by atoms with Crippen LogP contribution in [0.4, 0.5) is 18.9 Å². The van der Waals surface area contributed by atoms with Crippen LogP contribution < -0.4 is 10.8 Å². The molecule has 1 aromatic heterocycles. The van der Waals surface area contributed by atoms with Gasteiger partial charge in [-0.15, -0.1) is 11.3 Å². The number of nitrogens with zero attached hydrogens (tertiary/aromatic N) is 1. The second kappa shape index (κ2) is 7.25. The maximum absolute atomic E-state index is 13.4. The maximum Gasteiger partial charge on any atom is 0.416 e. The molecule has 2 aromatic rings.